The summed E-state index contributed by atoms with van der Waals surface area (Å²) in [5, 5.41) is 10.1. The van der Waals surface area contributed by atoms with Crippen LogP contribution in [0.3, 0.4) is 0 Å². The Balaban J connectivity index is 2.12. The zero-order valence-corrected chi connectivity index (χ0v) is 10.1. The highest BCUT2D eigenvalue weighted by molar-refractivity contribution is 5.45. The van der Waals surface area contributed by atoms with Crippen LogP contribution in [-0.2, 0) is 6.42 Å². The molecule has 1 aromatic carbocycles. The molecule has 0 aliphatic heterocycles. The summed E-state index contributed by atoms with van der Waals surface area (Å²) < 4.78 is 24.8. The minimum atomic E-state index is -2.50. The molecule has 5 heteroatoms. The van der Waals surface area contributed by atoms with Crippen LogP contribution in [0.5, 0.6) is 0 Å². The van der Waals surface area contributed by atoms with Gasteiger partial charge >= 0.3 is 0 Å². The highest BCUT2D eigenvalue weighted by atomic mass is 19.3. The zero-order chi connectivity index (χ0) is 13.8. The lowest BCUT2D eigenvalue weighted by Crippen LogP contribution is -2.05. The van der Waals surface area contributed by atoms with E-state index in [9.17, 15) is 13.9 Å². The monoisotopic (exact) mass is 264 g/mol. The molecule has 3 nitrogen and oxygen atoms in total. The van der Waals surface area contributed by atoms with E-state index in [1.807, 2.05) is 0 Å². The van der Waals surface area contributed by atoms with E-state index in [0.29, 0.717) is 17.7 Å². The smallest absolute Gasteiger partial charge is 0.263 e. The Morgan fingerprint density at radius 3 is 2.32 bits per heavy atom. The topological polar surface area (TPSA) is 59.1 Å². The maximum absolute atomic E-state index is 12.4. The Hall–Kier alpha value is -2.01. The second-order valence-electron chi connectivity index (χ2n) is 4.26. The van der Waals surface area contributed by atoms with Crippen molar-refractivity contribution in [1.29, 1.82) is 0 Å². The number of halogens is 2. The first-order valence-electron chi connectivity index (χ1n) is 5.82. The fourth-order valence-electron chi connectivity index (χ4n) is 1.80. The fraction of sp³-hybridized carbons (Fsp3) is 0.214. The summed E-state index contributed by atoms with van der Waals surface area (Å²) >= 11 is 0. The molecule has 0 saturated heterocycles. The van der Waals surface area contributed by atoms with Crippen LogP contribution in [0.25, 0.3) is 0 Å². The highest BCUT2D eigenvalue weighted by Gasteiger charge is 2.12. The molecular weight excluding hydrogens is 250 g/mol. The number of hydrogen-bond acceptors (Lipinski definition) is 3. The van der Waals surface area contributed by atoms with Crippen molar-refractivity contribution in [3.63, 3.8) is 0 Å². The molecule has 3 N–H and O–H groups in total. The van der Waals surface area contributed by atoms with Gasteiger partial charge < -0.3 is 10.8 Å². The van der Waals surface area contributed by atoms with Crippen LogP contribution < -0.4 is 5.73 Å². The van der Waals surface area contributed by atoms with Crippen LogP contribution in [0, 0.1) is 0 Å². The number of pyridine rings is 1. The molecule has 0 saturated carbocycles. The predicted molar refractivity (Wildman–Crippen MR) is 68.7 cm³/mol. The summed E-state index contributed by atoms with van der Waals surface area (Å²) in [5.41, 5.74) is 7.56. The number of rotatable bonds is 4. The van der Waals surface area contributed by atoms with Crippen molar-refractivity contribution in [3.8, 4) is 0 Å². The van der Waals surface area contributed by atoms with Gasteiger partial charge in [0.1, 0.15) is 0 Å². The Kier molecular flexibility index (Phi) is 4.06. The summed E-state index contributed by atoms with van der Waals surface area (Å²) in [4.78, 5) is 3.94. The number of aliphatic hydroxyl groups excluding tert-OH is 1. The van der Waals surface area contributed by atoms with Gasteiger partial charge in [-0.3, -0.25) is 4.98 Å². The van der Waals surface area contributed by atoms with Gasteiger partial charge in [-0.05, 0) is 17.2 Å². The van der Waals surface area contributed by atoms with E-state index in [0.717, 1.165) is 5.56 Å². The summed E-state index contributed by atoms with van der Waals surface area (Å²) in [6.45, 7) is 0. The molecule has 1 unspecified atom stereocenters. The van der Waals surface area contributed by atoms with E-state index in [2.05, 4.69) is 4.98 Å². The molecule has 0 aliphatic carbocycles. The number of anilines is 1. The Morgan fingerprint density at radius 2 is 1.74 bits per heavy atom. The molecule has 0 spiro atoms. The average molecular weight is 264 g/mol. The minimum Gasteiger partial charge on any atom is -0.398 e. The standard InChI is InChI=1S/C14H14F2N2O/c15-14(16)10-3-1-9(2-4-10)13(19)7-11-8-18-6-5-12(11)17/h1-6,8,13-14,19H,7H2,(H2,17,18). The normalized spacial score (nSPS) is 12.6. The van der Waals surface area contributed by atoms with Gasteiger partial charge in [0.05, 0.1) is 6.10 Å². The molecule has 19 heavy (non-hydrogen) atoms. The Labute approximate surface area is 109 Å². The first kappa shape index (κ1) is 13.4. The Bertz CT molecular complexity index is 543. The Morgan fingerprint density at radius 1 is 1.11 bits per heavy atom. The molecule has 0 amide bonds. The quantitative estimate of drug-likeness (QED) is 0.892. The SMILES string of the molecule is Nc1ccncc1CC(O)c1ccc(C(F)F)cc1. The van der Waals surface area contributed by atoms with Crippen LogP contribution >= 0.6 is 0 Å². The van der Waals surface area contributed by atoms with E-state index in [-0.39, 0.29) is 5.56 Å². The van der Waals surface area contributed by atoms with Crippen molar-refractivity contribution in [2.75, 3.05) is 5.73 Å². The van der Waals surface area contributed by atoms with Crippen LogP contribution in [-0.4, -0.2) is 10.1 Å². The maximum Gasteiger partial charge on any atom is 0.263 e. The lowest BCUT2D eigenvalue weighted by Gasteiger charge is -2.13. The number of nitrogen functional groups attached to an aromatic ring is 1. The summed E-state index contributed by atoms with van der Waals surface area (Å²) in [6.07, 6.45) is 0.168. The van der Waals surface area contributed by atoms with Crippen molar-refractivity contribution in [3.05, 3.63) is 59.4 Å². The molecular formula is C14H14F2N2O. The van der Waals surface area contributed by atoms with E-state index in [1.165, 1.54) is 24.3 Å². The third-order valence-corrected chi connectivity index (χ3v) is 2.93. The van der Waals surface area contributed by atoms with Gasteiger partial charge in [0.25, 0.3) is 6.43 Å². The molecule has 1 heterocycles. The van der Waals surface area contributed by atoms with Gasteiger partial charge in [0.2, 0.25) is 0 Å². The second-order valence-corrected chi connectivity index (χ2v) is 4.26. The van der Waals surface area contributed by atoms with Crippen molar-refractivity contribution in [2.45, 2.75) is 19.0 Å². The van der Waals surface area contributed by atoms with E-state index in [1.54, 1.807) is 18.5 Å². The van der Waals surface area contributed by atoms with E-state index in [4.69, 9.17) is 5.73 Å². The third-order valence-electron chi connectivity index (χ3n) is 2.93. The number of nitrogens with zero attached hydrogens (tertiary/aromatic N) is 1. The number of benzene rings is 1. The summed E-state index contributed by atoms with van der Waals surface area (Å²) in [5.74, 6) is 0. The lowest BCUT2D eigenvalue weighted by molar-refractivity contribution is 0.151. The van der Waals surface area contributed by atoms with Crippen LogP contribution in [0.4, 0.5) is 14.5 Å². The molecule has 2 rings (SSSR count). The number of nitrogens with two attached hydrogens (primary N) is 1. The average Bonchev–Trinajstić information content (AvgIpc) is 2.41. The van der Waals surface area contributed by atoms with Crippen LogP contribution in [0.2, 0.25) is 0 Å². The molecule has 0 bridgehead atoms. The molecule has 0 aliphatic rings. The third kappa shape index (κ3) is 3.26. The van der Waals surface area contributed by atoms with Crippen molar-refractivity contribution >= 4 is 5.69 Å². The molecule has 1 atom stereocenters. The second kappa shape index (κ2) is 5.75. The lowest BCUT2D eigenvalue weighted by atomic mass is 10.0. The van der Waals surface area contributed by atoms with Crippen LogP contribution in [0.15, 0.2) is 42.7 Å². The van der Waals surface area contributed by atoms with Crippen molar-refractivity contribution < 1.29 is 13.9 Å². The van der Waals surface area contributed by atoms with Gasteiger partial charge in [-0.15, -0.1) is 0 Å². The molecule has 2 aromatic rings. The predicted octanol–water partition coefficient (Wildman–Crippen LogP) is 2.88. The first-order valence-corrected chi connectivity index (χ1v) is 5.82. The number of alkyl halides is 2. The van der Waals surface area contributed by atoms with E-state index < -0.39 is 12.5 Å². The van der Waals surface area contributed by atoms with Crippen molar-refractivity contribution in [2.24, 2.45) is 0 Å². The molecule has 1 aromatic heterocycles. The fourth-order valence-corrected chi connectivity index (χ4v) is 1.80. The summed E-state index contributed by atoms with van der Waals surface area (Å²) in [7, 11) is 0. The number of aromatic nitrogens is 1. The van der Waals surface area contributed by atoms with Gasteiger partial charge in [-0.1, -0.05) is 24.3 Å². The zero-order valence-electron chi connectivity index (χ0n) is 10.1. The summed E-state index contributed by atoms with van der Waals surface area (Å²) in [6, 6.07) is 7.28. The largest absolute Gasteiger partial charge is 0.398 e. The van der Waals surface area contributed by atoms with E-state index >= 15 is 0 Å². The van der Waals surface area contributed by atoms with Gasteiger partial charge in [0, 0.05) is 30.1 Å². The van der Waals surface area contributed by atoms with Gasteiger partial charge in [-0.2, -0.15) is 0 Å². The highest BCUT2D eigenvalue weighted by Crippen LogP contribution is 2.24. The number of hydrogen-bond donors (Lipinski definition) is 2. The number of aliphatic hydroxyl groups is 1. The molecule has 100 valence electrons. The molecule has 0 radical (unpaired) electrons. The first-order chi connectivity index (χ1) is 9.08. The molecule has 0 fully saturated rings. The minimum absolute atomic E-state index is 0.0585. The van der Waals surface area contributed by atoms with Crippen molar-refractivity contribution in [1.82, 2.24) is 4.98 Å². The van der Waals surface area contributed by atoms with Crippen LogP contribution in [0.1, 0.15) is 29.2 Å². The maximum atomic E-state index is 12.4. The van der Waals surface area contributed by atoms with Gasteiger partial charge in [-0.25, -0.2) is 8.78 Å². The van der Waals surface area contributed by atoms with Gasteiger partial charge in [0.15, 0.2) is 0 Å².